The summed E-state index contributed by atoms with van der Waals surface area (Å²) in [6, 6.07) is 6.39. The van der Waals surface area contributed by atoms with Gasteiger partial charge in [0.1, 0.15) is 5.82 Å². The number of nitrogens with one attached hydrogen (secondary N) is 2. The molecule has 2 nitrogen and oxygen atoms in total. The van der Waals surface area contributed by atoms with Crippen LogP contribution in [0.2, 0.25) is 0 Å². The molecule has 0 aliphatic heterocycles. The third-order valence-corrected chi connectivity index (χ3v) is 2.47. The monoisotopic (exact) mass is 240 g/mol. The number of hydrogen-bond acceptors (Lipinski definition) is 1. The Hall–Kier alpha value is -1.16. The van der Waals surface area contributed by atoms with Crippen molar-refractivity contribution in [2.45, 2.75) is 26.3 Å². The second-order valence-electron chi connectivity index (χ2n) is 3.59. The van der Waals surface area contributed by atoms with Gasteiger partial charge in [-0.15, -0.1) is 0 Å². The van der Waals surface area contributed by atoms with E-state index < -0.39 is 0 Å². The zero-order chi connectivity index (χ0) is 11.8. The molecule has 0 fully saturated rings. The normalized spacial score (nSPS) is 9.88. The van der Waals surface area contributed by atoms with Gasteiger partial charge in [0.25, 0.3) is 0 Å². The van der Waals surface area contributed by atoms with Crippen molar-refractivity contribution in [3.8, 4) is 0 Å². The molecule has 88 valence electrons. The molecule has 0 spiro atoms. The minimum absolute atomic E-state index is 0.215. The molecule has 2 N–H and O–H groups in total. The van der Waals surface area contributed by atoms with Crippen LogP contribution in [0.3, 0.4) is 0 Å². The van der Waals surface area contributed by atoms with Crippen molar-refractivity contribution < 1.29 is 4.39 Å². The molecule has 0 radical (unpaired) electrons. The van der Waals surface area contributed by atoms with Crippen LogP contribution < -0.4 is 10.6 Å². The summed E-state index contributed by atoms with van der Waals surface area (Å²) in [5.74, 6) is -0.215. The number of thiocarbonyl (C=S) groups is 1. The minimum Gasteiger partial charge on any atom is -0.363 e. The number of halogens is 1. The van der Waals surface area contributed by atoms with Crippen LogP contribution in [0.15, 0.2) is 24.3 Å². The molecule has 0 aliphatic rings. The third kappa shape index (κ3) is 5.07. The van der Waals surface area contributed by atoms with E-state index in [2.05, 4.69) is 17.6 Å². The summed E-state index contributed by atoms with van der Waals surface area (Å²) < 4.78 is 12.6. The van der Waals surface area contributed by atoms with Gasteiger partial charge in [-0.25, -0.2) is 4.39 Å². The number of rotatable bonds is 5. The predicted octanol–water partition coefficient (Wildman–Crippen LogP) is 2.59. The van der Waals surface area contributed by atoms with E-state index in [4.69, 9.17) is 12.2 Å². The Kier molecular flexibility index (Phi) is 5.78. The van der Waals surface area contributed by atoms with Gasteiger partial charge in [0.15, 0.2) is 5.11 Å². The fourth-order valence-corrected chi connectivity index (χ4v) is 1.40. The lowest BCUT2D eigenvalue weighted by molar-refractivity contribution is 0.626. The van der Waals surface area contributed by atoms with E-state index in [1.807, 2.05) is 0 Å². The summed E-state index contributed by atoms with van der Waals surface area (Å²) in [7, 11) is 0. The molecule has 0 amide bonds. The van der Waals surface area contributed by atoms with E-state index in [0.29, 0.717) is 11.7 Å². The lowest BCUT2D eigenvalue weighted by Gasteiger charge is -2.09. The van der Waals surface area contributed by atoms with Crippen molar-refractivity contribution in [2.24, 2.45) is 0 Å². The van der Waals surface area contributed by atoms with Crippen LogP contribution in [-0.4, -0.2) is 11.7 Å². The second-order valence-corrected chi connectivity index (χ2v) is 4.00. The maximum atomic E-state index is 12.6. The lowest BCUT2D eigenvalue weighted by atomic mass is 10.2. The van der Waals surface area contributed by atoms with Gasteiger partial charge in [-0.2, -0.15) is 0 Å². The average Bonchev–Trinajstić information content (AvgIpc) is 2.29. The quantitative estimate of drug-likeness (QED) is 0.611. The summed E-state index contributed by atoms with van der Waals surface area (Å²) in [6.07, 6.45) is 2.26. The molecule has 0 atom stereocenters. The van der Waals surface area contributed by atoms with Gasteiger partial charge in [0.2, 0.25) is 0 Å². The van der Waals surface area contributed by atoms with Crippen molar-refractivity contribution >= 4 is 17.3 Å². The van der Waals surface area contributed by atoms with Gasteiger partial charge in [-0.05, 0) is 36.3 Å². The van der Waals surface area contributed by atoms with Crippen molar-refractivity contribution in [1.29, 1.82) is 0 Å². The fourth-order valence-electron chi connectivity index (χ4n) is 1.23. The zero-order valence-corrected chi connectivity index (χ0v) is 10.2. The number of benzene rings is 1. The third-order valence-electron chi connectivity index (χ3n) is 2.18. The second kappa shape index (κ2) is 7.17. The van der Waals surface area contributed by atoms with Crippen LogP contribution in [0, 0.1) is 5.82 Å². The molecular weight excluding hydrogens is 223 g/mol. The molecule has 1 aromatic carbocycles. The van der Waals surface area contributed by atoms with E-state index in [0.717, 1.165) is 24.9 Å². The summed E-state index contributed by atoms with van der Waals surface area (Å²) in [5.41, 5.74) is 1.01. The van der Waals surface area contributed by atoms with Gasteiger partial charge in [-0.1, -0.05) is 25.5 Å². The first-order valence-electron chi connectivity index (χ1n) is 5.48. The molecule has 0 heterocycles. The Morgan fingerprint density at radius 1 is 1.25 bits per heavy atom. The molecule has 0 bridgehead atoms. The fraction of sp³-hybridized carbons (Fsp3) is 0.417. The molecule has 1 rings (SSSR count). The molecular formula is C12H17FN2S. The van der Waals surface area contributed by atoms with E-state index >= 15 is 0 Å². The van der Waals surface area contributed by atoms with Gasteiger partial charge >= 0.3 is 0 Å². The SMILES string of the molecule is CCCCNC(=S)NCc1ccc(F)cc1. The minimum atomic E-state index is -0.215. The van der Waals surface area contributed by atoms with Crippen LogP contribution in [0.5, 0.6) is 0 Å². The molecule has 4 heteroatoms. The maximum Gasteiger partial charge on any atom is 0.166 e. The van der Waals surface area contributed by atoms with Crippen molar-refractivity contribution in [3.63, 3.8) is 0 Å². The summed E-state index contributed by atoms with van der Waals surface area (Å²) in [6.45, 7) is 3.65. The van der Waals surface area contributed by atoms with Crippen LogP contribution in [-0.2, 0) is 6.54 Å². The average molecular weight is 240 g/mol. The van der Waals surface area contributed by atoms with Gasteiger partial charge in [0, 0.05) is 13.1 Å². The summed E-state index contributed by atoms with van der Waals surface area (Å²) in [4.78, 5) is 0. The molecule has 0 saturated carbocycles. The van der Waals surface area contributed by atoms with Gasteiger partial charge in [0.05, 0.1) is 0 Å². The first kappa shape index (κ1) is 12.9. The molecule has 0 aliphatic carbocycles. The topological polar surface area (TPSA) is 24.1 Å². The smallest absolute Gasteiger partial charge is 0.166 e. The highest BCUT2D eigenvalue weighted by Crippen LogP contribution is 2.01. The predicted molar refractivity (Wildman–Crippen MR) is 68.7 cm³/mol. The van der Waals surface area contributed by atoms with Crippen LogP contribution in [0.25, 0.3) is 0 Å². The zero-order valence-electron chi connectivity index (χ0n) is 9.42. The largest absolute Gasteiger partial charge is 0.363 e. The Morgan fingerprint density at radius 3 is 2.56 bits per heavy atom. The first-order chi connectivity index (χ1) is 7.72. The number of hydrogen-bond donors (Lipinski definition) is 2. The number of unbranched alkanes of at least 4 members (excludes halogenated alkanes) is 1. The Balaban J connectivity index is 2.23. The Labute approximate surface area is 101 Å². The van der Waals surface area contributed by atoms with Crippen LogP contribution >= 0.6 is 12.2 Å². The van der Waals surface area contributed by atoms with Crippen molar-refractivity contribution in [3.05, 3.63) is 35.6 Å². The van der Waals surface area contributed by atoms with Crippen molar-refractivity contribution in [1.82, 2.24) is 10.6 Å². The summed E-state index contributed by atoms with van der Waals surface area (Å²) >= 11 is 5.10. The lowest BCUT2D eigenvalue weighted by Crippen LogP contribution is -2.35. The Morgan fingerprint density at radius 2 is 1.94 bits per heavy atom. The standard InChI is InChI=1S/C12H17FN2S/c1-2-3-8-14-12(16)15-9-10-4-6-11(13)7-5-10/h4-7H,2-3,8-9H2,1H3,(H2,14,15,16). The van der Waals surface area contributed by atoms with Crippen LogP contribution in [0.1, 0.15) is 25.3 Å². The Bertz CT molecular complexity index is 324. The van der Waals surface area contributed by atoms with E-state index in [9.17, 15) is 4.39 Å². The molecule has 16 heavy (non-hydrogen) atoms. The first-order valence-corrected chi connectivity index (χ1v) is 5.89. The molecule has 0 saturated heterocycles. The van der Waals surface area contributed by atoms with Gasteiger partial charge in [-0.3, -0.25) is 0 Å². The molecule has 1 aromatic rings. The van der Waals surface area contributed by atoms with Gasteiger partial charge < -0.3 is 10.6 Å². The highest BCUT2D eigenvalue weighted by atomic mass is 32.1. The molecule has 0 unspecified atom stereocenters. The van der Waals surface area contributed by atoms with E-state index in [1.54, 1.807) is 12.1 Å². The highest BCUT2D eigenvalue weighted by molar-refractivity contribution is 7.80. The van der Waals surface area contributed by atoms with E-state index in [-0.39, 0.29) is 5.82 Å². The molecule has 0 aromatic heterocycles. The maximum absolute atomic E-state index is 12.6. The van der Waals surface area contributed by atoms with Crippen LogP contribution in [0.4, 0.5) is 4.39 Å². The van der Waals surface area contributed by atoms with Crippen molar-refractivity contribution in [2.75, 3.05) is 6.54 Å². The highest BCUT2D eigenvalue weighted by Gasteiger charge is 1.96. The van der Waals surface area contributed by atoms with E-state index in [1.165, 1.54) is 12.1 Å². The summed E-state index contributed by atoms with van der Waals surface area (Å²) in [5, 5.41) is 6.84.